The smallest absolute Gasteiger partial charge is 0.338 e. The Kier molecular flexibility index (Phi) is 7.46. The summed E-state index contributed by atoms with van der Waals surface area (Å²) < 4.78 is 11.2. The van der Waals surface area contributed by atoms with E-state index in [1.165, 1.54) is 4.90 Å². The third-order valence-electron chi connectivity index (χ3n) is 4.92. The maximum atomic E-state index is 13.0. The Balaban J connectivity index is 2.08. The summed E-state index contributed by atoms with van der Waals surface area (Å²) in [6, 6.07) is 11.5. The van der Waals surface area contributed by atoms with Crippen LogP contribution in [0, 0.1) is 6.92 Å². The number of aryl methyl sites for hydroxylation is 1. The van der Waals surface area contributed by atoms with Crippen LogP contribution in [-0.4, -0.2) is 36.7 Å². The van der Waals surface area contributed by atoms with E-state index in [1.807, 2.05) is 38.1 Å². The molecule has 164 valence electrons. The Hall–Kier alpha value is -2.70. The Morgan fingerprint density at radius 3 is 2.48 bits per heavy atom. The Morgan fingerprint density at radius 2 is 1.84 bits per heavy atom. The van der Waals surface area contributed by atoms with E-state index in [0.717, 1.165) is 11.1 Å². The number of esters is 1. The number of nitrogens with zero attached hydrogens (tertiary/aromatic N) is 1. The Morgan fingerprint density at radius 1 is 1.13 bits per heavy atom. The minimum absolute atomic E-state index is 0.0577. The quantitative estimate of drug-likeness (QED) is 0.567. The minimum Gasteiger partial charge on any atom is -0.486 e. The minimum atomic E-state index is -0.664. The van der Waals surface area contributed by atoms with Gasteiger partial charge < -0.3 is 14.8 Å². The molecule has 0 bridgehead atoms. The number of amides is 2. The van der Waals surface area contributed by atoms with E-state index in [-0.39, 0.29) is 19.2 Å². The van der Waals surface area contributed by atoms with Gasteiger partial charge in [-0.3, -0.25) is 4.90 Å². The molecule has 2 aromatic carbocycles. The van der Waals surface area contributed by atoms with Gasteiger partial charge in [0.05, 0.1) is 28.9 Å². The number of halogens is 2. The predicted octanol–water partition coefficient (Wildman–Crippen LogP) is 5.28. The number of nitrogens with one attached hydrogen (secondary N) is 1. The number of urea groups is 1. The standard InChI is InChI=1S/C23H24Cl2N2O4/c1-4-27-18(13-31-19-12-16(24)10-11-17(19)25)20(22(28)30-5-2)21(26-23(27)29)15-8-6-14(3)7-9-15/h6-12,21H,4-5,13H2,1-3H3,(H,26,29). The fourth-order valence-corrected chi connectivity index (χ4v) is 3.72. The molecule has 1 N–H and O–H groups in total. The van der Waals surface area contributed by atoms with Gasteiger partial charge in [0.2, 0.25) is 0 Å². The first-order valence-electron chi connectivity index (χ1n) is 9.98. The first-order valence-corrected chi connectivity index (χ1v) is 10.7. The molecule has 1 heterocycles. The average Bonchev–Trinajstić information content (AvgIpc) is 2.74. The number of likely N-dealkylation sites (N-methyl/N-ethyl adjacent to an activating group) is 1. The lowest BCUT2D eigenvalue weighted by atomic mass is 9.94. The topological polar surface area (TPSA) is 67.9 Å². The van der Waals surface area contributed by atoms with Crippen LogP contribution >= 0.6 is 23.2 Å². The van der Waals surface area contributed by atoms with Crippen molar-refractivity contribution in [3.8, 4) is 5.75 Å². The number of carbonyl (C=O) groups excluding carboxylic acids is 2. The van der Waals surface area contributed by atoms with Gasteiger partial charge in [-0.05, 0) is 38.5 Å². The molecule has 2 amide bonds. The van der Waals surface area contributed by atoms with E-state index in [0.29, 0.717) is 33.6 Å². The van der Waals surface area contributed by atoms with E-state index < -0.39 is 12.0 Å². The SMILES string of the molecule is CCOC(=O)C1=C(COc2cc(Cl)ccc2Cl)N(CC)C(=O)NC1c1ccc(C)cc1. The summed E-state index contributed by atoms with van der Waals surface area (Å²) in [4.78, 5) is 27.3. The van der Waals surface area contributed by atoms with Crippen molar-refractivity contribution in [3.05, 3.63) is 74.9 Å². The molecule has 1 aliphatic heterocycles. The summed E-state index contributed by atoms with van der Waals surface area (Å²) in [6.07, 6.45) is 0. The lowest BCUT2D eigenvalue weighted by Gasteiger charge is -2.36. The van der Waals surface area contributed by atoms with Gasteiger partial charge in [-0.2, -0.15) is 0 Å². The number of hydrogen-bond acceptors (Lipinski definition) is 4. The Bertz CT molecular complexity index is 1010. The molecule has 1 aliphatic rings. The van der Waals surface area contributed by atoms with E-state index in [4.69, 9.17) is 32.7 Å². The van der Waals surface area contributed by atoms with Gasteiger partial charge in [0.15, 0.2) is 0 Å². The maximum absolute atomic E-state index is 13.0. The number of benzene rings is 2. The highest BCUT2D eigenvalue weighted by Gasteiger charge is 2.38. The summed E-state index contributed by atoms with van der Waals surface area (Å²) in [6.45, 7) is 6.02. The molecule has 31 heavy (non-hydrogen) atoms. The van der Waals surface area contributed by atoms with Crippen LogP contribution in [0.3, 0.4) is 0 Å². The summed E-state index contributed by atoms with van der Waals surface area (Å²) >= 11 is 12.3. The fourth-order valence-electron chi connectivity index (χ4n) is 3.39. The van der Waals surface area contributed by atoms with E-state index in [2.05, 4.69) is 5.32 Å². The van der Waals surface area contributed by atoms with Crippen molar-refractivity contribution in [2.45, 2.75) is 26.8 Å². The first kappa shape index (κ1) is 23.0. The monoisotopic (exact) mass is 462 g/mol. The molecule has 8 heteroatoms. The van der Waals surface area contributed by atoms with Crippen molar-refractivity contribution in [3.63, 3.8) is 0 Å². The number of ether oxygens (including phenoxy) is 2. The second kappa shape index (κ2) is 10.1. The van der Waals surface area contributed by atoms with Crippen LogP contribution in [-0.2, 0) is 9.53 Å². The second-order valence-corrected chi connectivity index (χ2v) is 7.83. The van der Waals surface area contributed by atoms with Gasteiger partial charge in [-0.25, -0.2) is 9.59 Å². The van der Waals surface area contributed by atoms with E-state index in [9.17, 15) is 9.59 Å². The van der Waals surface area contributed by atoms with Crippen molar-refractivity contribution >= 4 is 35.2 Å². The molecule has 1 atom stereocenters. The lowest BCUT2D eigenvalue weighted by molar-refractivity contribution is -0.139. The van der Waals surface area contributed by atoms with Gasteiger partial charge in [0, 0.05) is 17.6 Å². The molecule has 6 nitrogen and oxygen atoms in total. The van der Waals surface area contributed by atoms with Crippen molar-refractivity contribution in [1.29, 1.82) is 0 Å². The molecular weight excluding hydrogens is 439 g/mol. The van der Waals surface area contributed by atoms with Crippen LogP contribution in [0.4, 0.5) is 4.79 Å². The Labute approximate surface area is 191 Å². The molecule has 0 aromatic heterocycles. The lowest BCUT2D eigenvalue weighted by Crippen LogP contribution is -2.49. The zero-order valence-corrected chi connectivity index (χ0v) is 19.1. The number of hydrogen-bond donors (Lipinski definition) is 1. The largest absolute Gasteiger partial charge is 0.486 e. The number of carbonyl (C=O) groups is 2. The summed E-state index contributed by atoms with van der Waals surface area (Å²) in [5.74, 6) is -0.152. The molecule has 0 spiro atoms. The van der Waals surface area contributed by atoms with Crippen LogP contribution in [0.1, 0.15) is 31.0 Å². The van der Waals surface area contributed by atoms with Gasteiger partial charge >= 0.3 is 12.0 Å². The molecule has 0 saturated heterocycles. The van der Waals surface area contributed by atoms with Crippen molar-refractivity contribution in [2.75, 3.05) is 19.8 Å². The highest BCUT2D eigenvalue weighted by molar-refractivity contribution is 6.34. The zero-order chi connectivity index (χ0) is 22.5. The molecule has 2 aromatic rings. The molecule has 0 radical (unpaired) electrons. The first-order chi connectivity index (χ1) is 14.8. The third kappa shape index (κ3) is 5.14. The van der Waals surface area contributed by atoms with Crippen LogP contribution in [0.25, 0.3) is 0 Å². The van der Waals surface area contributed by atoms with Crippen molar-refractivity contribution in [2.24, 2.45) is 0 Å². The van der Waals surface area contributed by atoms with Crippen LogP contribution in [0.15, 0.2) is 53.7 Å². The van der Waals surface area contributed by atoms with Crippen LogP contribution in [0.2, 0.25) is 10.0 Å². The van der Waals surface area contributed by atoms with Gasteiger partial charge in [0.25, 0.3) is 0 Å². The van der Waals surface area contributed by atoms with Crippen LogP contribution < -0.4 is 10.1 Å². The molecule has 0 fully saturated rings. The zero-order valence-electron chi connectivity index (χ0n) is 17.6. The molecule has 3 rings (SSSR count). The normalized spacial score (nSPS) is 16.2. The molecule has 0 saturated carbocycles. The third-order valence-corrected chi connectivity index (χ3v) is 5.47. The predicted molar refractivity (Wildman–Crippen MR) is 120 cm³/mol. The van der Waals surface area contributed by atoms with Crippen LogP contribution in [0.5, 0.6) is 5.75 Å². The summed E-state index contributed by atoms with van der Waals surface area (Å²) in [7, 11) is 0. The molecule has 1 unspecified atom stereocenters. The second-order valence-electron chi connectivity index (χ2n) is 6.98. The van der Waals surface area contributed by atoms with Crippen molar-refractivity contribution in [1.82, 2.24) is 10.2 Å². The maximum Gasteiger partial charge on any atom is 0.338 e. The van der Waals surface area contributed by atoms with E-state index in [1.54, 1.807) is 25.1 Å². The van der Waals surface area contributed by atoms with Crippen molar-refractivity contribution < 1.29 is 19.1 Å². The average molecular weight is 463 g/mol. The van der Waals surface area contributed by atoms with Gasteiger partial charge in [-0.15, -0.1) is 0 Å². The summed E-state index contributed by atoms with van der Waals surface area (Å²) in [5.41, 5.74) is 2.59. The van der Waals surface area contributed by atoms with Gasteiger partial charge in [0.1, 0.15) is 12.4 Å². The van der Waals surface area contributed by atoms with E-state index >= 15 is 0 Å². The molecular formula is C23H24Cl2N2O4. The molecule has 0 aliphatic carbocycles. The highest BCUT2D eigenvalue weighted by atomic mass is 35.5. The fraction of sp³-hybridized carbons (Fsp3) is 0.304. The summed E-state index contributed by atoms with van der Waals surface area (Å²) in [5, 5.41) is 3.76. The highest BCUT2D eigenvalue weighted by Crippen LogP contribution is 2.33. The number of rotatable bonds is 7. The van der Waals surface area contributed by atoms with Gasteiger partial charge in [-0.1, -0.05) is 53.0 Å².